The monoisotopic (exact) mass is 600 g/mol. The van der Waals surface area contributed by atoms with Crippen LogP contribution >= 0.6 is 11.6 Å². The van der Waals surface area contributed by atoms with Crippen LogP contribution in [0.5, 0.6) is 17.5 Å². The summed E-state index contributed by atoms with van der Waals surface area (Å²) in [6, 6.07) is 9.04. The summed E-state index contributed by atoms with van der Waals surface area (Å²) in [5, 5.41) is 16.5. The lowest BCUT2D eigenvalue weighted by Gasteiger charge is -2.35. The zero-order valence-corrected chi connectivity index (χ0v) is 24.2. The van der Waals surface area contributed by atoms with E-state index in [9.17, 15) is 9.50 Å². The second-order valence-electron chi connectivity index (χ2n) is 11.9. The number of halogens is 2. The second kappa shape index (κ2) is 10.1. The topological polar surface area (TPSA) is 95.9 Å². The number of hydrogen-bond acceptors (Lipinski definition) is 9. The number of nitrogens with zero attached hydrogens (tertiary/aromatic N) is 5. The Hall–Kier alpha value is -3.91. The van der Waals surface area contributed by atoms with E-state index in [0.717, 1.165) is 36.7 Å². The predicted molar refractivity (Wildman–Crippen MR) is 163 cm³/mol. The van der Waals surface area contributed by atoms with Crippen molar-refractivity contribution < 1.29 is 19.0 Å². The van der Waals surface area contributed by atoms with E-state index < -0.39 is 6.17 Å². The van der Waals surface area contributed by atoms with Gasteiger partial charge in [-0.3, -0.25) is 4.90 Å². The lowest BCUT2D eigenvalue weighted by Crippen LogP contribution is -2.53. The molecule has 0 bridgehead atoms. The first kappa shape index (κ1) is 26.7. The van der Waals surface area contributed by atoms with Crippen LogP contribution in [0.15, 0.2) is 30.3 Å². The van der Waals surface area contributed by atoms with Gasteiger partial charge in [0.25, 0.3) is 0 Å². The molecule has 0 saturated carbocycles. The molecule has 0 aliphatic carbocycles. The third-order valence-electron chi connectivity index (χ3n) is 9.35. The van der Waals surface area contributed by atoms with Crippen molar-refractivity contribution in [1.82, 2.24) is 25.2 Å². The third kappa shape index (κ3) is 4.25. The van der Waals surface area contributed by atoms with E-state index in [4.69, 9.17) is 42.4 Å². The highest BCUT2D eigenvalue weighted by atomic mass is 35.5. The molecule has 3 saturated heterocycles. The minimum atomic E-state index is -0.858. The van der Waals surface area contributed by atoms with Gasteiger partial charge in [-0.05, 0) is 43.0 Å². The van der Waals surface area contributed by atoms with Crippen molar-refractivity contribution in [2.75, 3.05) is 50.8 Å². The lowest BCUT2D eigenvalue weighted by molar-refractivity contribution is 0.107. The maximum absolute atomic E-state index is 14.5. The van der Waals surface area contributed by atoms with Crippen LogP contribution in [-0.4, -0.2) is 88.6 Å². The summed E-state index contributed by atoms with van der Waals surface area (Å²) in [6.07, 6.45) is 7.38. The first-order valence-corrected chi connectivity index (χ1v) is 15.1. The Kier molecular flexibility index (Phi) is 6.26. The number of alkyl halides is 1. The Morgan fingerprint density at radius 2 is 2.14 bits per heavy atom. The van der Waals surface area contributed by atoms with Gasteiger partial charge in [0.05, 0.1) is 17.3 Å². The van der Waals surface area contributed by atoms with Crippen molar-refractivity contribution in [2.45, 2.75) is 37.0 Å². The highest BCUT2D eigenvalue weighted by Crippen LogP contribution is 2.47. The molecule has 3 unspecified atom stereocenters. The molecule has 0 radical (unpaired) electrons. The predicted octanol–water partition coefficient (Wildman–Crippen LogP) is 4.31. The smallest absolute Gasteiger partial charge is 0.320 e. The maximum atomic E-state index is 14.5. The number of piperazine rings is 1. The molecule has 2 aromatic carbocycles. The van der Waals surface area contributed by atoms with Gasteiger partial charge < -0.3 is 24.8 Å². The number of terminal acetylenes is 1. The fraction of sp³-hybridized carbons (Fsp3) is 0.406. The minimum absolute atomic E-state index is 0.00676. The number of phenols is 1. The average molecular weight is 601 g/mol. The minimum Gasteiger partial charge on any atom is -0.508 e. The van der Waals surface area contributed by atoms with Crippen molar-refractivity contribution in [3.63, 3.8) is 0 Å². The summed E-state index contributed by atoms with van der Waals surface area (Å²) in [5.74, 6) is 3.89. The number of hydrogen-bond donors (Lipinski definition) is 2. The van der Waals surface area contributed by atoms with Gasteiger partial charge in [0.2, 0.25) is 0 Å². The maximum Gasteiger partial charge on any atom is 0.320 e. The number of aromatic hydroxyl groups is 1. The fourth-order valence-electron chi connectivity index (χ4n) is 7.40. The van der Waals surface area contributed by atoms with E-state index in [1.807, 2.05) is 18.2 Å². The molecule has 4 aliphatic heterocycles. The van der Waals surface area contributed by atoms with E-state index in [1.165, 1.54) is 0 Å². The zero-order chi connectivity index (χ0) is 29.3. The summed E-state index contributed by atoms with van der Waals surface area (Å²) in [5.41, 5.74) is 1.62. The first-order chi connectivity index (χ1) is 20.9. The highest BCUT2D eigenvalue weighted by Gasteiger charge is 2.49. The van der Waals surface area contributed by atoms with Crippen LogP contribution in [0.4, 0.5) is 10.2 Å². The van der Waals surface area contributed by atoms with Gasteiger partial charge in [0.15, 0.2) is 11.4 Å². The molecule has 4 aliphatic rings. The Morgan fingerprint density at radius 1 is 1.23 bits per heavy atom. The number of pyridine rings is 1. The summed E-state index contributed by atoms with van der Waals surface area (Å²) in [6.45, 7) is 4.20. The van der Waals surface area contributed by atoms with Crippen LogP contribution in [0, 0.1) is 12.3 Å². The molecule has 220 valence electrons. The second-order valence-corrected chi connectivity index (χ2v) is 12.3. The molecule has 0 amide bonds. The SMILES string of the molecule is C#Cc1cccc2cc(O)cc(-c3nc4nc(OCC56CCCN5CC(F)C6)nc5c4c(c3Cl)OCC3CNCCN53)c12. The van der Waals surface area contributed by atoms with Crippen LogP contribution in [0.3, 0.4) is 0 Å². The summed E-state index contributed by atoms with van der Waals surface area (Å²) >= 11 is 7.12. The summed E-state index contributed by atoms with van der Waals surface area (Å²) in [4.78, 5) is 19.1. The van der Waals surface area contributed by atoms with Crippen molar-refractivity contribution in [1.29, 1.82) is 0 Å². The fourth-order valence-corrected chi connectivity index (χ4v) is 7.69. The zero-order valence-electron chi connectivity index (χ0n) is 23.4. The number of aromatic nitrogens is 3. The number of nitrogens with one attached hydrogen (secondary N) is 1. The Morgan fingerprint density at radius 3 is 3.02 bits per heavy atom. The third-order valence-corrected chi connectivity index (χ3v) is 9.70. The molecule has 3 atom stereocenters. The van der Waals surface area contributed by atoms with E-state index >= 15 is 0 Å². The number of anilines is 1. The molecule has 11 heteroatoms. The van der Waals surface area contributed by atoms with Gasteiger partial charge >= 0.3 is 6.01 Å². The van der Waals surface area contributed by atoms with Crippen molar-refractivity contribution in [3.05, 3.63) is 40.9 Å². The van der Waals surface area contributed by atoms with Gasteiger partial charge in [-0.25, -0.2) is 9.37 Å². The van der Waals surface area contributed by atoms with E-state index in [-0.39, 0.29) is 28.4 Å². The van der Waals surface area contributed by atoms with Crippen molar-refractivity contribution >= 4 is 39.2 Å². The van der Waals surface area contributed by atoms with E-state index in [1.54, 1.807) is 12.1 Å². The molecule has 4 aromatic rings. The molecule has 0 spiro atoms. The summed E-state index contributed by atoms with van der Waals surface area (Å²) in [7, 11) is 0. The van der Waals surface area contributed by atoms with Gasteiger partial charge in [0, 0.05) is 49.1 Å². The molecular weight excluding hydrogens is 571 g/mol. The van der Waals surface area contributed by atoms with Gasteiger partial charge in [-0.15, -0.1) is 6.42 Å². The normalized spacial score (nSPS) is 24.8. The highest BCUT2D eigenvalue weighted by molar-refractivity contribution is 6.36. The van der Waals surface area contributed by atoms with E-state index in [2.05, 4.69) is 21.0 Å². The summed E-state index contributed by atoms with van der Waals surface area (Å²) < 4.78 is 27.2. The molecule has 8 rings (SSSR count). The first-order valence-electron chi connectivity index (χ1n) is 14.7. The Labute approximate surface area is 253 Å². The quantitative estimate of drug-likeness (QED) is 0.332. The van der Waals surface area contributed by atoms with Crippen LogP contribution in [0.2, 0.25) is 5.02 Å². The Balaban J connectivity index is 1.32. The number of ether oxygens (including phenoxy) is 2. The van der Waals surface area contributed by atoms with Gasteiger partial charge in [-0.1, -0.05) is 29.7 Å². The van der Waals surface area contributed by atoms with Crippen LogP contribution in [0.1, 0.15) is 24.8 Å². The molecule has 43 heavy (non-hydrogen) atoms. The lowest BCUT2D eigenvalue weighted by atomic mass is 9.95. The van der Waals surface area contributed by atoms with Gasteiger partial charge in [0.1, 0.15) is 41.4 Å². The molecule has 3 fully saturated rings. The van der Waals surface area contributed by atoms with Gasteiger partial charge in [-0.2, -0.15) is 9.97 Å². The van der Waals surface area contributed by atoms with Crippen LogP contribution < -0.4 is 19.7 Å². The molecule has 9 nitrogen and oxygen atoms in total. The number of phenolic OH excluding ortho intramolecular Hbond substituents is 1. The number of fused-ring (bicyclic) bond motifs is 4. The molecule has 2 N–H and O–H groups in total. The number of rotatable bonds is 4. The van der Waals surface area contributed by atoms with Crippen LogP contribution in [-0.2, 0) is 0 Å². The van der Waals surface area contributed by atoms with Crippen LogP contribution in [0.25, 0.3) is 33.1 Å². The van der Waals surface area contributed by atoms with Crippen molar-refractivity contribution in [3.8, 4) is 41.1 Å². The van der Waals surface area contributed by atoms with Crippen molar-refractivity contribution in [2.24, 2.45) is 0 Å². The average Bonchev–Trinajstić information content (AvgIpc) is 3.47. The molecule has 6 heterocycles. The largest absolute Gasteiger partial charge is 0.508 e. The molecular formula is C32H30ClFN6O3. The number of benzene rings is 2. The molecule has 2 aromatic heterocycles. The van der Waals surface area contributed by atoms with E-state index in [0.29, 0.717) is 78.7 Å². The Bertz CT molecular complexity index is 1830. The standard InChI is InChI=1S/C32H30ClFN6O3/c1-2-18-5-3-6-19-11-22(41)12-23(24(18)19)27-26(33)28-25-29(36-27)37-31(38-30(25)40-10-8-35-14-21(40)16-42-28)43-17-32-7-4-9-39(32)15-20(34)13-32/h1,3,5-6,11-12,20-21,35,41H,4,7-10,13-17H2.